The monoisotopic (exact) mass is 256 g/mol. The quantitative estimate of drug-likeness (QED) is 0.708. The van der Waals surface area contributed by atoms with Gasteiger partial charge in [0.2, 0.25) is 5.28 Å². The average molecular weight is 257 g/mol. The highest BCUT2D eigenvalue weighted by molar-refractivity contribution is 6.28. The first-order valence-corrected chi connectivity index (χ1v) is 5.82. The van der Waals surface area contributed by atoms with Crippen molar-refractivity contribution < 1.29 is 0 Å². The van der Waals surface area contributed by atoms with Gasteiger partial charge in [-0.15, -0.1) is 5.10 Å². The molecule has 3 aromatic rings. The Balaban J connectivity index is 2.17. The molecule has 0 N–H and O–H groups in total. The van der Waals surface area contributed by atoms with E-state index in [4.69, 9.17) is 11.6 Å². The van der Waals surface area contributed by atoms with Crippen LogP contribution in [0.3, 0.4) is 0 Å². The molecule has 3 rings (SSSR count). The van der Waals surface area contributed by atoms with Gasteiger partial charge in [-0.25, -0.2) is 4.68 Å². The number of halogens is 1. The molecule has 2 aromatic heterocycles. The summed E-state index contributed by atoms with van der Waals surface area (Å²) in [5.41, 5.74) is 1.64. The lowest BCUT2D eigenvalue weighted by Crippen LogP contribution is -2.00. The van der Waals surface area contributed by atoms with Crippen LogP contribution in [0.4, 0.5) is 0 Å². The van der Waals surface area contributed by atoms with Gasteiger partial charge in [-0.2, -0.15) is 4.98 Å². The van der Waals surface area contributed by atoms with E-state index in [1.54, 1.807) is 10.9 Å². The Morgan fingerprint density at radius 3 is 2.44 bits per heavy atom. The Morgan fingerprint density at radius 1 is 0.944 bits per heavy atom. The molecule has 0 unspecified atom stereocenters. The van der Waals surface area contributed by atoms with Crippen molar-refractivity contribution in [2.75, 3.05) is 0 Å². The minimum atomic E-state index is 0.208. The molecule has 0 radical (unpaired) electrons. The molecule has 1 aromatic carbocycles. The van der Waals surface area contributed by atoms with E-state index in [-0.39, 0.29) is 5.28 Å². The first-order chi connectivity index (χ1) is 8.84. The summed E-state index contributed by atoms with van der Waals surface area (Å²) in [6, 6.07) is 15.3. The second-order valence-corrected chi connectivity index (χ2v) is 4.00. The maximum Gasteiger partial charge on any atom is 0.243 e. The van der Waals surface area contributed by atoms with Gasteiger partial charge in [-0.1, -0.05) is 24.3 Å². The Kier molecular flexibility index (Phi) is 2.78. The summed E-state index contributed by atoms with van der Waals surface area (Å²) in [6.45, 7) is 0. The van der Waals surface area contributed by atoms with Gasteiger partial charge in [-0.05, 0) is 35.9 Å². The molecule has 88 valence electrons. The van der Waals surface area contributed by atoms with Gasteiger partial charge in [0.05, 0.1) is 5.69 Å². The first kappa shape index (κ1) is 10.9. The van der Waals surface area contributed by atoms with Crippen LogP contribution in [0.2, 0.25) is 5.28 Å². The van der Waals surface area contributed by atoms with E-state index < -0.39 is 0 Å². The van der Waals surface area contributed by atoms with Crippen molar-refractivity contribution in [3.05, 3.63) is 60.0 Å². The first-order valence-electron chi connectivity index (χ1n) is 5.44. The molecule has 0 spiro atoms. The van der Waals surface area contributed by atoms with Crippen LogP contribution >= 0.6 is 11.6 Å². The lowest BCUT2D eigenvalue weighted by Gasteiger charge is -2.04. The molecule has 0 saturated carbocycles. The van der Waals surface area contributed by atoms with Crippen molar-refractivity contribution in [2.24, 2.45) is 0 Å². The molecule has 0 aliphatic heterocycles. The van der Waals surface area contributed by atoms with E-state index >= 15 is 0 Å². The van der Waals surface area contributed by atoms with E-state index in [0.717, 1.165) is 11.4 Å². The van der Waals surface area contributed by atoms with Gasteiger partial charge in [0, 0.05) is 6.20 Å². The molecule has 0 fully saturated rings. The molecule has 0 aliphatic carbocycles. The van der Waals surface area contributed by atoms with Crippen LogP contribution in [0.15, 0.2) is 54.7 Å². The van der Waals surface area contributed by atoms with Crippen LogP contribution < -0.4 is 0 Å². The third-order valence-electron chi connectivity index (χ3n) is 2.48. The molecule has 4 nitrogen and oxygen atoms in total. The minimum Gasteiger partial charge on any atom is -0.253 e. The second kappa shape index (κ2) is 4.58. The number of aromatic nitrogens is 4. The molecular weight excluding hydrogens is 248 g/mol. The number of para-hydroxylation sites is 1. The number of benzene rings is 1. The van der Waals surface area contributed by atoms with Crippen LogP contribution in [0, 0.1) is 0 Å². The summed E-state index contributed by atoms with van der Waals surface area (Å²) in [6.07, 6.45) is 1.72. The number of hydrogen-bond acceptors (Lipinski definition) is 3. The number of nitrogens with zero attached hydrogens (tertiary/aromatic N) is 4. The molecule has 5 heteroatoms. The maximum absolute atomic E-state index is 5.89. The molecule has 0 bridgehead atoms. The summed E-state index contributed by atoms with van der Waals surface area (Å²) < 4.78 is 1.69. The molecule has 0 atom stereocenters. The standard InChI is InChI=1S/C13H9ClN4/c14-13-16-12(11-8-4-5-9-15-11)18(17-13)10-6-2-1-3-7-10/h1-9H. The Morgan fingerprint density at radius 2 is 1.72 bits per heavy atom. The van der Waals surface area contributed by atoms with Crippen molar-refractivity contribution in [3.63, 3.8) is 0 Å². The topological polar surface area (TPSA) is 43.6 Å². The predicted molar refractivity (Wildman–Crippen MR) is 69.6 cm³/mol. The number of hydrogen-bond donors (Lipinski definition) is 0. The van der Waals surface area contributed by atoms with Crippen molar-refractivity contribution in [1.82, 2.24) is 19.7 Å². The van der Waals surface area contributed by atoms with E-state index in [2.05, 4.69) is 15.1 Å². The normalized spacial score (nSPS) is 10.5. The molecule has 18 heavy (non-hydrogen) atoms. The van der Waals surface area contributed by atoms with Crippen LogP contribution in [-0.4, -0.2) is 19.7 Å². The summed E-state index contributed by atoms with van der Waals surface area (Å²) in [4.78, 5) is 8.48. The number of rotatable bonds is 2. The molecule has 0 saturated heterocycles. The minimum absolute atomic E-state index is 0.208. The summed E-state index contributed by atoms with van der Waals surface area (Å²) in [5.74, 6) is 0.631. The lowest BCUT2D eigenvalue weighted by molar-refractivity contribution is 0.883. The Bertz CT molecular complexity index is 592. The Labute approximate surface area is 109 Å². The smallest absolute Gasteiger partial charge is 0.243 e. The summed E-state index contributed by atoms with van der Waals surface area (Å²) in [5, 5.41) is 4.40. The highest BCUT2D eigenvalue weighted by Crippen LogP contribution is 2.20. The van der Waals surface area contributed by atoms with Crippen molar-refractivity contribution in [3.8, 4) is 17.2 Å². The Hall–Kier alpha value is -2.20. The van der Waals surface area contributed by atoms with Crippen LogP contribution in [0.1, 0.15) is 0 Å². The fourth-order valence-corrected chi connectivity index (χ4v) is 1.85. The zero-order chi connectivity index (χ0) is 12.4. The van der Waals surface area contributed by atoms with Crippen LogP contribution in [0.25, 0.3) is 17.2 Å². The van der Waals surface area contributed by atoms with Crippen LogP contribution in [0.5, 0.6) is 0 Å². The van der Waals surface area contributed by atoms with E-state index in [1.807, 2.05) is 48.5 Å². The molecule has 0 aliphatic rings. The zero-order valence-corrected chi connectivity index (χ0v) is 10.1. The van der Waals surface area contributed by atoms with E-state index in [9.17, 15) is 0 Å². The van der Waals surface area contributed by atoms with Crippen molar-refractivity contribution in [2.45, 2.75) is 0 Å². The highest BCUT2D eigenvalue weighted by Gasteiger charge is 2.12. The van der Waals surface area contributed by atoms with Crippen molar-refractivity contribution in [1.29, 1.82) is 0 Å². The van der Waals surface area contributed by atoms with Crippen LogP contribution in [-0.2, 0) is 0 Å². The molecule has 2 heterocycles. The van der Waals surface area contributed by atoms with Gasteiger partial charge in [0.1, 0.15) is 5.69 Å². The summed E-state index contributed by atoms with van der Waals surface area (Å²) >= 11 is 5.89. The largest absolute Gasteiger partial charge is 0.253 e. The van der Waals surface area contributed by atoms with Gasteiger partial charge < -0.3 is 0 Å². The van der Waals surface area contributed by atoms with E-state index in [1.165, 1.54) is 0 Å². The maximum atomic E-state index is 5.89. The average Bonchev–Trinajstić information content (AvgIpc) is 2.83. The highest BCUT2D eigenvalue weighted by atomic mass is 35.5. The third kappa shape index (κ3) is 1.98. The zero-order valence-electron chi connectivity index (χ0n) is 9.36. The number of pyridine rings is 1. The van der Waals surface area contributed by atoms with Crippen molar-refractivity contribution >= 4 is 11.6 Å². The van der Waals surface area contributed by atoms with Gasteiger partial charge in [0.15, 0.2) is 5.82 Å². The second-order valence-electron chi connectivity index (χ2n) is 3.67. The SMILES string of the molecule is Clc1nc(-c2ccccn2)n(-c2ccccc2)n1. The van der Waals surface area contributed by atoms with Gasteiger partial charge in [-0.3, -0.25) is 4.98 Å². The van der Waals surface area contributed by atoms with Gasteiger partial charge >= 0.3 is 0 Å². The van der Waals surface area contributed by atoms with E-state index in [0.29, 0.717) is 5.82 Å². The predicted octanol–water partition coefficient (Wildman–Crippen LogP) is 2.98. The fraction of sp³-hybridized carbons (Fsp3) is 0. The molecule has 0 amide bonds. The third-order valence-corrected chi connectivity index (χ3v) is 2.64. The molecular formula is C13H9ClN4. The fourth-order valence-electron chi connectivity index (χ4n) is 1.70. The summed E-state index contributed by atoms with van der Waals surface area (Å²) in [7, 11) is 0. The van der Waals surface area contributed by atoms with Gasteiger partial charge in [0.25, 0.3) is 0 Å². The lowest BCUT2D eigenvalue weighted by atomic mass is 10.3.